The van der Waals surface area contributed by atoms with Gasteiger partial charge in [0.05, 0.1) is 22.6 Å². The maximum Gasteiger partial charge on any atom is 0.342 e. The average Bonchev–Trinajstić information content (AvgIpc) is 3.18. The van der Waals surface area contributed by atoms with Gasteiger partial charge in [-0.1, -0.05) is 29.3 Å². The summed E-state index contributed by atoms with van der Waals surface area (Å²) in [6.45, 7) is 3.35. The number of ether oxygens (including phenoxy) is 1. The minimum Gasteiger partial charge on any atom is -0.465 e. The Labute approximate surface area is 216 Å². The van der Waals surface area contributed by atoms with Crippen LogP contribution in [0.2, 0.25) is 5.02 Å². The zero-order valence-electron chi connectivity index (χ0n) is 19.7. The van der Waals surface area contributed by atoms with E-state index in [2.05, 4.69) is 0 Å². The van der Waals surface area contributed by atoms with Gasteiger partial charge in [-0.05, 0) is 56.3 Å². The summed E-state index contributed by atoms with van der Waals surface area (Å²) in [5, 5.41) is 11.4. The van der Waals surface area contributed by atoms with Gasteiger partial charge >= 0.3 is 5.97 Å². The second-order valence-corrected chi connectivity index (χ2v) is 10.2. The molecule has 1 heterocycles. The van der Waals surface area contributed by atoms with Crippen LogP contribution < -0.4 is 4.31 Å². The van der Waals surface area contributed by atoms with Crippen molar-refractivity contribution in [3.8, 4) is 0 Å². The van der Waals surface area contributed by atoms with Gasteiger partial charge in [0.2, 0.25) is 0 Å². The van der Waals surface area contributed by atoms with Gasteiger partial charge in [-0.2, -0.15) is 4.31 Å². The van der Waals surface area contributed by atoms with Crippen LogP contribution in [0.4, 0.5) is 11.4 Å². The molecule has 12 heteroatoms. The van der Waals surface area contributed by atoms with E-state index in [1.807, 2.05) is 0 Å². The molecule has 0 aliphatic rings. The average molecular weight is 543 g/mol. The van der Waals surface area contributed by atoms with Crippen LogP contribution in [0, 0.1) is 24.0 Å². The monoisotopic (exact) mass is 542 g/mol. The van der Waals surface area contributed by atoms with Crippen molar-refractivity contribution in [3.63, 3.8) is 0 Å². The Balaban J connectivity index is 1.98. The first kappa shape index (κ1) is 25.9. The quantitative estimate of drug-likeness (QED) is 0.178. The molecule has 0 aliphatic carbocycles. The third-order valence-corrected chi connectivity index (χ3v) is 7.63. The fourth-order valence-electron chi connectivity index (χ4n) is 3.77. The normalized spacial score (nSPS) is 11.4. The molecule has 0 spiro atoms. The number of carbonyl (C=O) groups excluding carboxylic acids is 2. The molecule has 0 atom stereocenters. The lowest BCUT2D eigenvalue weighted by Gasteiger charge is -2.23. The molecule has 0 bridgehead atoms. The number of nitrogens with zero attached hydrogens (tertiary/aromatic N) is 2. The van der Waals surface area contributed by atoms with Crippen LogP contribution in [0.15, 0.2) is 70.0 Å². The zero-order chi connectivity index (χ0) is 27.1. The van der Waals surface area contributed by atoms with E-state index >= 15 is 0 Å². The molecule has 0 aliphatic heterocycles. The smallest absolute Gasteiger partial charge is 0.342 e. The number of sulfonamides is 1. The first-order valence-electron chi connectivity index (χ1n) is 10.7. The molecule has 4 aromatic rings. The first-order valence-corrected chi connectivity index (χ1v) is 12.5. The van der Waals surface area contributed by atoms with Crippen molar-refractivity contribution in [2.75, 3.05) is 11.4 Å². The summed E-state index contributed by atoms with van der Waals surface area (Å²) >= 11 is 5.87. The number of carbonyl (C=O) groups is 2. The number of methoxy groups -OCH3 is 1. The van der Waals surface area contributed by atoms with Crippen LogP contribution in [0.25, 0.3) is 11.0 Å². The Morgan fingerprint density at radius 2 is 1.70 bits per heavy atom. The Morgan fingerprint density at radius 1 is 1.03 bits per heavy atom. The third-order valence-electron chi connectivity index (χ3n) is 5.61. The summed E-state index contributed by atoms with van der Waals surface area (Å²) < 4.78 is 38.6. The van der Waals surface area contributed by atoms with Gasteiger partial charge in [0, 0.05) is 17.0 Å². The highest BCUT2D eigenvalue weighted by molar-refractivity contribution is 7.93. The number of rotatable bonds is 6. The van der Waals surface area contributed by atoms with E-state index < -0.39 is 37.4 Å². The fourth-order valence-corrected chi connectivity index (χ4v) is 5.38. The van der Waals surface area contributed by atoms with Crippen molar-refractivity contribution in [1.29, 1.82) is 0 Å². The van der Waals surface area contributed by atoms with Gasteiger partial charge in [0.1, 0.15) is 21.9 Å². The highest BCUT2D eigenvalue weighted by Gasteiger charge is 2.34. The summed E-state index contributed by atoms with van der Waals surface area (Å²) in [4.78, 5) is 36.1. The van der Waals surface area contributed by atoms with E-state index in [4.69, 9.17) is 20.8 Å². The van der Waals surface area contributed by atoms with Gasteiger partial charge < -0.3 is 9.15 Å². The number of amides is 1. The molecule has 10 nitrogen and oxygen atoms in total. The van der Waals surface area contributed by atoms with Gasteiger partial charge in [-0.3, -0.25) is 14.9 Å². The molecule has 0 saturated heterocycles. The van der Waals surface area contributed by atoms with Crippen LogP contribution in [0.1, 0.15) is 32.0 Å². The number of hydrogen-bond acceptors (Lipinski definition) is 8. The van der Waals surface area contributed by atoms with Crippen LogP contribution >= 0.6 is 11.6 Å². The largest absolute Gasteiger partial charge is 0.465 e. The molecule has 4 rings (SSSR count). The summed E-state index contributed by atoms with van der Waals surface area (Å²) in [6, 6.07) is 13.2. The predicted molar refractivity (Wildman–Crippen MR) is 136 cm³/mol. The molecule has 0 N–H and O–H groups in total. The Hall–Kier alpha value is -4.22. The number of nitro benzene ring substituents is 1. The number of anilines is 1. The molecule has 37 heavy (non-hydrogen) atoms. The summed E-state index contributed by atoms with van der Waals surface area (Å²) in [6.07, 6.45) is 0. The Morgan fingerprint density at radius 3 is 2.32 bits per heavy atom. The summed E-state index contributed by atoms with van der Waals surface area (Å²) in [5.41, 5.74) is 0.470. The zero-order valence-corrected chi connectivity index (χ0v) is 21.3. The number of hydrogen-bond donors (Lipinski definition) is 0. The highest BCUT2D eigenvalue weighted by Crippen LogP contribution is 2.35. The van der Waals surface area contributed by atoms with E-state index in [0.29, 0.717) is 4.31 Å². The molecule has 0 fully saturated rings. The molecular weight excluding hydrogens is 524 g/mol. The second kappa shape index (κ2) is 9.68. The van der Waals surface area contributed by atoms with E-state index in [1.54, 1.807) is 26.0 Å². The summed E-state index contributed by atoms with van der Waals surface area (Å²) in [5.74, 6) is -1.38. The van der Waals surface area contributed by atoms with Crippen molar-refractivity contribution in [3.05, 3.63) is 98.3 Å². The van der Waals surface area contributed by atoms with E-state index in [1.165, 1.54) is 37.4 Å². The molecule has 1 amide bonds. The van der Waals surface area contributed by atoms with Gasteiger partial charge in [0.25, 0.3) is 21.6 Å². The van der Waals surface area contributed by atoms with E-state index in [0.717, 1.165) is 23.8 Å². The van der Waals surface area contributed by atoms with E-state index in [9.17, 15) is 28.1 Å². The summed E-state index contributed by atoms with van der Waals surface area (Å²) in [7, 11) is -3.52. The molecule has 190 valence electrons. The maximum atomic E-state index is 13.8. The fraction of sp³-hybridized carbons (Fsp3) is 0.120. The third kappa shape index (κ3) is 4.66. The topological polar surface area (TPSA) is 137 Å². The minimum absolute atomic E-state index is 0.0503. The van der Waals surface area contributed by atoms with Gasteiger partial charge in [-0.25, -0.2) is 13.2 Å². The lowest BCUT2D eigenvalue weighted by molar-refractivity contribution is -0.384. The van der Waals surface area contributed by atoms with Crippen molar-refractivity contribution in [1.82, 2.24) is 0 Å². The number of furan rings is 1. The van der Waals surface area contributed by atoms with Crippen molar-refractivity contribution >= 4 is 55.8 Å². The number of fused-ring (bicyclic) bond motifs is 1. The molecule has 3 aromatic carbocycles. The van der Waals surface area contributed by atoms with Crippen molar-refractivity contribution in [2.24, 2.45) is 0 Å². The molecule has 0 saturated carbocycles. The number of nitro groups is 1. The highest BCUT2D eigenvalue weighted by atomic mass is 35.5. The van der Waals surface area contributed by atoms with Crippen LogP contribution in [0.3, 0.4) is 0 Å². The van der Waals surface area contributed by atoms with Gasteiger partial charge in [-0.15, -0.1) is 0 Å². The lowest BCUT2D eigenvalue weighted by Crippen LogP contribution is -2.37. The maximum absolute atomic E-state index is 13.8. The van der Waals surface area contributed by atoms with Crippen molar-refractivity contribution in [2.45, 2.75) is 18.7 Å². The lowest BCUT2D eigenvalue weighted by atomic mass is 10.1. The van der Waals surface area contributed by atoms with Crippen molar-refractivity contribution < 1.29 is 32.1 Å². The second-order valence-electron chi connectivity index (χ2n) is 8.02. The van der Waals surface area contributed by atoms with Crippen LogP contribution in [-0.4, -0.2) is 32.3 Å². The number of esters is 1. The Kier molecular flexibility index (Phi) is 6.76. The van der Waals surface area contributed by atoms with E-state index in [-0.39, 0.29) is 38.6 Å². The molecule has 0 unspecified atom stereocenters. The SMILES string of the molecule is COC(=O)c1c(C)oc2ccc(N(C(=O)c3ccc(C)cc3)S(=O)(=O)c3ccc(Cl)c([N+](=O)[O-])c3)cc12. The first-order chi connectivity index (χ1) is 17.4. The van der Waals surface area contributed by atoms with Crippen LogP contribution in [0.5, 0.6) is 0 Å². The van der Waals surface area contributed by atoms with Crippen LogP contribution in [-0.2, 0) is 14.8 Å². The molecule has 1 aromatic heterocycles. The number of benzene rings is 3. The standard InChI is InChI=1S/C25H19ClN2O8S/c1-14-4-6-16(7-5-14)24(29)27(37(33,34)18-9-10-20(26)21(13-18)28(31)32)17-8-11-22-19(12-17)23(15(2)36-22)25(30)35-3/h4-13H,1-3H3. The predicted octanol–water partition coefficient (Wildman–Crippen LogP) is 5.43. The number of halogens is 1. The number of aryl methyl sites for hydroxylation is 2. The Bertz CT molecular complexity index is 1680. The molecule has 0 radical (unpaired) electrons. The molecular formula is C25H19ClN2O8S. The van der Waals surface area contributed by atoms with Gasteiger partial charge in [0.15, 0.2) is 0 Å². The minimum atomic E-state index is -4.71.